The van der Waals surface area contributed by atoms with Crippen molar-refractivity contribution in [1.29, 1.82) is 0 Å². The van der Waals surface area contributed by atoms with E-state index in [0.717, 1.165) is 109 Å². The van der Waals surface area contributed by atoms with E-state index in [-0.39, 0.29) is 58.9 Å². The number of H-pyrrole nitrogens is 1. The molecule has 21 heteroatoms. The molecule has 86 heavy (non-hydrogen) atoms. The second-order valence-electron chi connectivity index (χ2n) is 24.1. The predicted octanol–water partition coefficient (Wildman–Crippen LogP) is 9.06. The normalized spacial score (nSPS) is 24.8. The number of nitrogens with zero attached hydrogens (tertiary/aromatic N) is 10. The summed E-state index contributed by atoms with van der Waals surface area (Å²) in [5.74, 6) is 1.20. The minimum Gasteiger partial charge on any atom is -0.369 e. The van der Waals surface area contributed by atoms with Crippen LogP contribution in [0.25, 0.3) is 22.4 Å². The van der Waals surface area contributed by atoms with Crippen LogP contribution in [0.3, 0.4) is 0 Å². The number of carbonyl (C=O) groups is 4. The lowest BCUT2D eigenvalue weighted by molar-refractivity contribution is -0.132. The van der Waals surface area contributed by atoms with E-state index in [1.54, 1.807) is 50.1 Å². The molecule has 4 fully saturated rings. The van der Waals surface area contributed by atoms with Crippen molar-refractivity contribution in [3.05, 3.63) is 156 Å². The van der Waals surface area contributed by atoms with Gasteiger partial charge in [0.25, 0.3) is 23.6 Å². The van der Waals surface area contributed by atoms with Crippen LogP contribution < -0.4 is 22.5 Å². The predicted molar refractivity (Wildman–Crippen MR) is 328 cm³/mol. The number of pyridine rings is 1. The summed E-state index contributed by atoms with van der Waals surface area (Å²) < 4.78 is 13.4. The number of likely N-dealkylation sites (N-methyl/N-ethyl adjacent to an activating group) is 2. The van der Waals surface area contributed by atoms with Gasteiger partial charge in [-0.1, -0.05) is 105 Å². The topological polar surface area (TPSA) is 273 Å². The minimum atomic E-state index is -0.938. The lowest BCUT2D eigenvalue weighted by Crippen LogP contribution is -2.45. The molecule has 0 radical (unpaired) electrons. The van der Waals surface area contributed by atoms with E-state index >= 15 is 0 Å². The number of nitrogens with one attached hydrogen (secondary N) is 2. The molecule has 3 aromatic heterocycles. The number of imidazole rings is 1. The molecule has 7 aliphatic rings. The maximum atomic E-state index is 13.7. The minimum absolute atomic E-state index is 0.00145. The zero-order valence-corrected chi connectivity index (χ0v) is 49.5. The lowest BCUT2D eigenvalue weighted by atomic mass is 9.74. The first-order valence-corrected chi connectivity index (χ1v) is 30.5. The van der Waals surface area contributed by atoms with Gasteiger partial charge >= 0.3 is 0 Å². The average molecular weight is 1180 g/mol. The van der Waals surface area contributed by atoms with Gasteiger partial charge in [0.15, 0.2) is 29.0 Å². The molecule has 6 aromatic rings. The summed E-state index contributed by atoms with van der Waals surface area (Å²) >= 11 is 6.18. The van der Waals surface area contributed by atoms with Crippen molar-refractivity contribution in [3.8, 4) is 22.4 Å². The second kappa shape index (κ2) is 25.3. The van der Waals surface area contributed by atoms with Gasteiger partial charge in [-0.2, -0.15) is 4.39 Å². The van der Waals surface area contributed by atoms with Gasteiger partial charge < -0.3 is 27.5 Å². The summed E-state index contributed by atoms with van der Waals surface area (Å²) in [5.41, 5.74) is 22.4. The van der Waals surface area contributed by atoms with Crippen LogP contribution in [0.2, 0.25) is 5.02 Å². The van der Waals surface area contributed by atoms with Gasteiger partial charge in [0.2, 0.25) is 5.95 Å². The van der Waals surface area contributed by atoms with Crippen LogP contribution in [0.4, 0.5) is 4.39 Å². The fourth-order valence-electron chi connectivity index (χ4n) is 13.5. The summed E-state index contributed by atoms with van der Waals surface area (Å²) in [6, 6.07) is 26.3. The largest absolute Gasteiger partial charge is 0.369 e. The molecule has 3 aromatic carbocycles. The number of aromatic amines is 1. The van der Waals surface area contributed by atoms with Crippen LogP contribution in [-0.2, 0) is 31.9 Å². The zero-order chi connectivity index (χ0) is 60.2. The van der Waals surface area contributed by atoms with Crippen molar-refractivity contribution >= 4 is 53.1 Å². The molecule has 13 rings (SSSR count). The monoisotopic (exact) mass is 1180 g/mol. The summed E-state index contributed by atoms with van der Waals surface area (Å²) in [7, 11) is 3.39. The van der Waals surface area contributed by atoms with Gasteiger partial charge in [0, 0.05) is 85.8 Å². The number of aliphatic imine (C=N–C) groups is 3. The smallest absolute Gasteiger partial charge is 0.262 e. The maximum absolute atomic E-state index is 13.7. The van der Waals surface area contributed by atoms with Crippen LogP contribution in [0.15, 0.2) is 137 Å². The number of benzene rings is 3. The molecule has 5 atom stereocenters. The van der Waals surface area contributed by atoms with Gasteiger partial charge in [-0.25, -0.2) is 24.9 Å². The van der Waals surface area contributed by atoms with E-state index in [4.69, 9.17) is 38.8 Å². The molecule has 0 bridgehead atoms. The molecule has 2 unspecified atom stereocenters. The van der Waals surface area contributed by atoms with Crippen molar-refractivity contribution in [3.63, 3.8) is 0 Å². The van der Waals surface area contributed by atoms with Gasteiger partial charge in [0.05, 0.1) is 18.2 Å². The number of rotatable bonds is 16. The van der Waals surface area contributed by atoms with E-state index in [0.29, 0.717) is 42.2 Å². The SMILES string of the molecule is CN1C(=O)C(c2cccc(-c3cnccn3)c2)(C2CC2)N=C1N.CN1C(=O)[C@@](CCC2CCCCC2)(C[C@H]2CCC[C@@H](NC(=O)c3ccnc(F)c3)C2)N=C1N.NC1=NC(c2cccc(-c3cccc(Cl)c3)c2)(C2CC2)C(=O)N1CCc1cnc[nH]1. The quantitative estimate of drug-likeness (QED) is 0.0570. The van der Waals surface area contributed by atoms with E-state index in [2.05, 4.69) is 41.3 Å². The van der Waals surface area contributed by atoms with Gasteiger partial charge in [-0.05, 0) is 134 Å². The van der Waals surface area contributed by atoms with Crippen LogP contribution >= 0.6 is 11.6 Å². The van der Waals surface area contributed by atoms with Crippen LogP contribution in [0, 0.1) is 29.6 Å². The molecule has 0 saturated heterocycles. The molecular weight excluding hydrogens is 1110 g/mol. The third-order valence-electron chi connectivity index (χ3n) is 18.3. The highest BCUT2D eigenvalue weighted by molar-refractivity contribution is 6.30. The van der Waals surface area contributed by atoms with Crippen molar-refractivity contribution in [1.82, 2.24) is 44.9 Å². The number of hydrogen-bond donors (Lipinski definition) is 5. The number of guanidine groups is 3. The number of halogens is 2. The molecule has 0 spiro atoms. The van der Waals surface area contributed by atoms with Crippen molar-refractivity contribution in [2.45, 2.75) is 132 Å². The third-order valence-corrected chi connectivity index (χ3v) is 18.6. The molecule has 4 saturated carbocycles. The molecular formula is C65H75ClFN15O4. The first-order valence-electron chi connectivity index (χ1n) is 30.1. The Bertz CT molecular complexity index is 3550. The highest BCUT2D eigenvalue weighted by Gasteiger charge is 2.59. The Morgan fingerprint density at radius 1 is 0.674 bits per heavy atom. The van der Waals surface area contributed by atoms with E-state index < -0.39 is 22.6 Å². The van der Waals surface area contributed by atoms with Gasteiger partial charge in [-0.3, -0.25) is 43.8 Å². The fraction of sp³-hybridized carbons (Fsp3) is 0.431. The summed E-state index contributed by atoms with van der Waals surface area (Å²) in [6.07, 6.45) is 26.7. The van der Waals surface area contributed by atoms with Gasteiger partial charge in [-0.15, -0.1) is 0 Å². The van der Waals surface area contributed by atoms with E-state index in [1.807, 2.05) is 66.7 Å². The van der Waals surface area contributed by atoms with Crippen molar-refractivity contribution in [2.24, 2.45) is 55.8 Å². The Kier molecular flexibility index (Phi) is 17.4. The van der Waals surface area contributed by atoms with Crippen LogP contribution in [0.1, 0.15) is 130 Å². The number of aromatic nitrogens is 5. The van der Waals surface area contributed by atoms with Crippen molar-refractivity contribution < 1.29 is 23.6 Å². The highest BCUT2D eigenvalue weighted by Crippen LogP contribution is 2.53. The number of hydrogen-bond acceptors (Lipinski definition) is 14. The van der Waals surface area contributed by atoms with Gasteiger partial charge in [0.1, 0.15) is 5.54 Å². The van der Waals surface area contributed by atoms with E-state index in [1.165, 1.54) is 54.2 Å². The Hall–Kier alpha value is -8.39. The first kappa shape index (κ1) is 59.3. The second-order valence-corrected chi connectivity index (χ2v) is 24.6. The number of carbonyl (C=O) groups excluding carboxylic acids is 4. The Morgan fingerprint density at radius 3 is 1.95 bits per heavy atom. The maximum Gasteiger partial charge on any atom is 0.262 e. The number of nitrogens with two attached hydrogens (primary N) is 3. The molecule has 6 heterocycles. The number of amides is 4. The highest BCUT2D eigenvalue weighted by atomic mass is 35.5. The standard InChI is InChI=1S/C25H36FN5O2.C23H22ClN5O.C17H17N5O/c1-31-23(33)25(30-24(31)27,12-10-17-6-3-2-4-7-17)16-18-8-5-9-20(14-18)29-22(32)19-11-13-28-21(26)15-19;24-19-6-2-4-16(12-19)15-3-1-5-18(11-15)23(17-7-8-17)21(30)29(22(25)28-23)10-9-20-13-26-14-27-20;1-22-15(23)17(12-5-6-12,21-16(22)18)13-4-2-3-11(9-13)14-10-19-7-8-20-14/h11,13,15,17-18,20H,2-10,12,14,16H2,1H3,(H2,27,30)(H,29,32);1-6,11-14,17H,7-10H2,(H2,25,28)(H,26,27);2-4,7-10,12H,5-6H2,1H3,(H2,18,21)/t18-,20+,25+;;/m0../s1. The molecule has 19 nitrogen and oxygen atoms in total. The third kappa shape index (κ3) is 12.5. The summed E-state index contributed by atoms with van der Waals surface area (Å²) in [6.45, 7) is 0.471. The fourth-order valence-corrected chi connectivity index (χ4v) is 13.6. The van der Waals surface area contributed by atoms with E-state index in [9.17, 15) is 23.6 Å². The van der Waals surface area contributed by atoms with Crippen LogP contribution in [-0.4, -0.2) is 113 Å². The average Bonchev–Trinajstić information content (AvgIpc) is 1.81. The molecule has 4 amide bonds. The zero-order valence-electron chi connectivity index (χ0n) is 48.8. The Labute approximate surface area is 505 Å². The Balaban J connectivity index is 0.000000136. The lowest BCUT2D eigenvalue weighted by Gasteiger charge is -2.35. The van der Waals surface area contributed by atoms with Crippen molar-refractivity contribution in [2.75, 3.05) is 20.6 Å². The Morgan fingerprint density at radius 2 is 1.33 bits per heavy atom. The molecule has 8 N–H and O–H groups in total. The first-order chi connectivity index (χ1) is 41.6. The molecule has 4 aliphatic carbocycles. The summed E-state index contributed by atoms with van der Waals surface area (Å²) in [4.78, 5) is 90.1. The summed E-state index contributed by atoms with van der Waals surface area (Å²) in [5, 5.41) is 3.73. The molecule has 448 valence electrons. The molecule has 3 aliphatic heterocycles. The van der Waals surface area contributed by atoms with Crippen LogP contribution in [0.5, 0.6) is 0 Å².